The Morgan fingerprint density at radius 1 is 1.20 bits per heavy atom. The predicted molar refractivity (Wildman–Crippen MR) is 81.7 cm³/mol. The Hall–Kier alpha value is -2.20. The van der Waals surface area contributed by atoms with Crippen molar-refractivity contribution < 1.29 is 9.84 Å². The summed E-state index contributed by atoms with van der Waals surface area (Å²) in [5.74, 6) is 1.04. The monoisotopic (exact) mass is 272 g/mol. The number of hydrogen-bond donors (Lipinski definition) is 2. The molecule has 2 rings (SSSR count). The van der Waals surface area contributed by atoms with Crippen molar-refractivity contribution in [3.05, 3.63) is 48.0 Å². The van der Waals surface area contributed by atoms with Crippen LogP contribution < -0.4 is 15.4 Å². The van der Waals surface area contributed by atoms with E-state index in [9.17, 15) is 5.11 Å². The first kappa shape index (κ1) is 14.2. The number of phenols is 1. The van der Waals surface area contributed by atoms with Crippen LogP contribution in [-0.4, -0.2) is 18.8 Å². The molecule has 106 valence electrons. The smallest absolute Gasteiger partial charge is 0.120 e. The zero-order valence-electron chi connectivity index (χ0n) is 11.8. The molecule has 0 aliphatic rings. The largest absolute Gasteiger partial charge is 0.508 e. The van der Waals surface area contributed by atoms with Gasteiger partial charge in [-0.2, -0.15) is 0 Å². The average Bonchev–Trinajstić information content (AvgIpc) is 2.48. The van der Waals surface area contributed by atoms with E-state index in [1.165, 1.54) is 0 Å². The number of phenolic OH excluding ortho intramolecular Hbond substituents is 1. The second-order valence-corrected chi connectivity index (χ2v) is 4.46. The highest BCUT2D eigenvalue weighted by molar-refractivity contribution is 5.69. The third-order valence-electron chi connectivity index (χ3n) is 3.26. The molecular formula is C16H20N2O2. The first-order valence-corrected chi connectivity index (χ1v) is 6.63. The fourth-order valence-electron chi connectivity index (χ4n) is 2.25. The molecular weight excluding hydrogens is 252 g/mol. The molecule has 4 nitrogen and oxygen atoms in total. The number of nitrogens with zero attached hydrogens (tertiary/aromatic N) is 1. The van der Waals surface area contributed by atoms with Crippen LogP contribution in [0.15, 0.2) is 42.5 Å². The summed E-state index contributed by atoms with van der Waals surface area (Å²) in [5, 5.41) is 9.66. The molecule has 0 heterocycles. The molecule has 3 N–H and O–H groups in total. The topological polar surface area (TPSA) is 58.7 Å². The molecule has 0 aromatic heterocycles. The molecule has 0 aliphatic carbocycles. The zero-order chi connectivity index (χ0) is 14.5. The molecule has 0 bridgehead atoms. The molecule has 0 amide bonds. The first-order valence-electron chi connectivity index (χ1n) is 6.63. The molecule has 4 heteroatoms. The van der Waals surface area contributed by atoms with Crippen LogP contribution in [0.25, 0.3) is 0 Å². The summed E-state index contributed by atoms with van der Waals surface area (Å²) < 4.78 is 5.29. The molecule has 0 radical (unpaired) electrons. The van der Waals surface area contributed by atoms with E-state index >= 15 is 0 Å². The number of anilines is 2. The summed E-state index contributed by atoms with van der Waals surface area (Å²) in [7, 11) is 1.64. The number of benzene rings is 2. The zero-order valence-corrected chi connectivity index (χ0v) is 11.8. The fourth-order valence-corrected chi connectivity index (χ4v) is 2.25. The van der Waals surface area contributed by atoms with Gasteiger partial charge in [0.25, 0.3) is 0 Å². The van der Waals surface area contributed by atoms with E-state index in [4.69, 9.17) is 10.5 Å². The van der Waals surface area contributed by atoms with Crippen LogP contribution in [0.3, 0.4) is 0 Å². The van der Waals surface area contributed by atoms with E-state index in [-0.39, 0.29) is 5.75 Å². The molecule has 0 unspecified atom stereocenters. The predicted octanol–water partition coefficient (Wildman–Crippen LogP) is 3.02. The maximum absolute atomic E-state index is 9.66. The van der Waals surface area contributed by atoms with Gasteiger partial charge in [-0.1, -0.05) is 12.1 Å². The molecule has 0 saturated heterocycles. The third kappa shape index (κ3) is 2.86. The van der Waals surface area contributed by atoms with Gasteiger partial charge >= 0.3 is 0 Å². The summed E-state index contributed by atoms with van der Waals surface area (Å²) in [6.07, 6.45) is 0. The van der Waals surface area contributed by atoms with Crippen molar-refractivity contribution >= 4 is 11.4 Å². The van der Waals surface area contributed by atoms with E-state index in [1.54, 1.807) is 19.2 Å². The highest BCUT2D eigenvalue weighted by Gasteiger charge is 2.13. The van der Waals surface area contributed by atoms with Gasteiger partial charge in [-0.05, 0) is 30.7 Å². The Morgan fingerprint density at radius 3 is 2.60 bits per heavy atom. The van der Waals surface area contributed by atoms with Crippen LogP contribution >= 0.6 is 0 Å². The third-order valence-corrected chi connectivity index (χ3v) is 3.26. The second kappa shape index (κ2) is 6.30. The van der Waals surface area contributed by atoms with Crippen molar-refractivity contribution in [2.75, 3.05) is 18.6 Å². The lowest BCUT2D eigenvalue weighted by Crippen LogP contribution is -2.18. The van der Waals surface area contributed by atoms with Crippen LogP contribution in [-0.2, 0) is 6.54 Å². The van der Waals surface area contributed by atoms with Gasteiger partial charge < -0.3 is 20.5 Å². The summed E-state index contributed by atoms with van der Waals surface area (Å²) in [6.45, 7) is 3.28. The van der Waals surface area contributed by atoms with E-state index in [2.05, 4.69) is 11.8 Å². The Kier molecular flexibility index (Phi) is 4.48. The summed E-state index contributed by atoms with van der Waals surface area (Å²) >= 11 is 0. The number of methoxy groups -OCH3 is 1. The quantitative estimate of drug-likeness (QED) is 0.878. The highest BCUT2D eigenvalue weighted by Crippen LogP contribution is 2.32. The van der Waals surface area contributed by atoms with Gasteiger partial charge in [0, 0.05) is 36.6 Å². The van der Waals surface area contributed by atoms with Gasteiger partial charge in [0.15, 0.2) is 0 Å². The molecule has 2 aromatic carbocycles. The maximum atomic E-state index is 9.66. The number of aromatic hydroxyl groups is 1. The van der Waals surface area contributed by atoms with Crippen LogP contribution in [0.1, 0.15) is 12.5 Å². The molecule has 0 fully saturated rings. The van der Waals surface area contributed by atoms with Crippen molar-refractivity contribution in [1.29, 1.82) is 0 Å². The number of hydrogen-bond acceptors (Lipinski definition) is 4. The second-order valence-electron chi connectivity index (χ2n) is 4.46. The fraction of sp³-hybridized carbons (Fsp3) is 0.250. The Balaban J connectivity index is 2.50. The number of rotatable bonds is 5. The summed E-state index contributed by atoms with van der Waals surface area (Å²) in [6, 6.07) is 13.0. The van der Waals surface area contributed by atoms with Crippen molar-refractivity contribution in [1.82, 2.24) is 0 Å². The van der Waals surface area contributed by atoms with Crippen LogP contribution in [0.5, 0.6) is 11.5 Å². The minimum atomic E-state index is 0.248. The van der Waals surface area contributed by atoms with Crippen molar-refractivity contribution in [2.24, 2.45) is 5.73 Å². The number of nitrogens with two attached hydrogens (primary N) is 1. The van der Waals surface area contributed by atoms with E-state index in [0.717, 1.165) is 29.2 Å². The summed E-state index contributed by atoms with van der Waals surface area (Å²) in [5.41, 5.74) is 8.79. The normalized spacial score (nSPS) is 10.3. The molecule has 20 heavy (non-hydrogen) atoms. The van der Waals surface area contributed by atoms with Crippen LogP contribution in [0, 0.1) is 0 Å². The van der Waals surface area contributed by atoms with Gasteiger partial charge in [-0.15, -0.1) is 0 Å². The minimum Gasteiger partial charge on any atom is -0.508 e. The van der Waals surface area contributed by atoms with Crippen LogP contribution in [0.2, 0.25) is 0 Å². The average molecular weight is 272 g/mol. The van der Waals surface area contributed by atoms with Gasteiger partial charge in [0.2, 0.25) is 0 Å². The molecule has 2 aromatic rings. The highest BCUT2D eigenvalue weighted by atomic mass is 16.5. The standard InChI is InChI=1S/C16H20N2O2/c1-3-18(13-5-4-6-14(19)9-13)16-10-15(20-2)8-7-12(16)11-17/h4-10,19H,3,11,17H2,1-2H3. The Bertz CT molecular complexity index is 584. The van der Waals surface area contributed by atoms with Crippen LogP contribution in [0.4, 0.5) is 11.4 Å². The van der Waals surface area contributed by atoms with Crippen molar-refractivity contribution in [3.63, 3.8) is 0 Å². The van der Waals surface area contributed by atoms with Gasteiger partial charge in [-0.25, -0.2) is 0 Å². The van der Waals surface area contributed by atoms with Gasteiger partial charge in [0.05, 0.1) is 7.11 Å². The lowest BCUT2D eigenvalue weighted by Gasteiger charge is -2.26. The maximum Gasteiger partial charge on any atom is 0.120 e. The Morgan fingerprint density at radius 2 is 2.00 bits per heavy atom. The molecule has 0 atom stereocenters. The van der Waals surface area contributed by atoms with E-state index in [0.29, 0.717) is 6.54 Å². The lowest BCUT2D eigenvalue weighted by molar-refractivity contribution is 0.414. The summed E-state index contributed by atoms with van der Waals surface area (Å²) in [4.78, 5) is 2.10. The van der Waals surface area contributed by atoms with E-state index < -0.39 is 0 Å². The van der Waals surface area contributed by atoms with E-state index in [1.807, 2.05) is 30.3 Å². The molecule has 0 saturated carbocycles. The lowest BCUT2D eigenvalue weighted by atomic mass is 10.1. The van der Waals surface area contributed by atoms with Gasteiger partial charge in [-0.3, -0.25) is 0 Å². The number of ether oxygens (including phenoxy) is 1. The molecule has 0 aliphatic heterocycles. The molecule has 0 spiro atoms. The minimum absolute atomic E-state index is 0.248. The van der Waals surface area contributed by atoms with Crippen molar-refractivity contribution in [2.45, 2.75) is 13.5 Å². The van der Waals surface area contributed by atoms with Crippen molar-refractivity contribution in [3.8, 4) is 11.5 Å². The van der Waals surface area contributed by atoms with Gasteiger partial charge in [0.1, 0.15) is 11.5 Å². The first-order chi connectivity index (χ1) is 9.69. The SMILES string of the molecule is CCN(c1cccc(O)c1)c1cc(OC)ccc1CN. The Labute approximate surface area is 119 Å².